The fourth-order valence-corrected chi connectivity index (χ4v) is 3.44. The van der Waals surface area contributed by atoms with Crippen molar-refractivity contribution < 1.29 is 4.79 Å². The minimum Gasteiger partial charge on any atom is -0.348 e. The van der Waals surface area contributed by atoms with E-state index in [4.69, 9.17) is 11.6 Å². The first-order valence-corrected chi connectivity index (χ1v) is 8.24. The summed E-state index contributed by atoms with van der Waals surface area (Å²) in [6, 6.07) is 11.4. The number of amides is 1. The highest BCUT2D eigenvalue weighted by Gasteiger charge is 2.25. The molecule has 3 aromatic rings. The molecule has 2 aromatic heterocycles. The highest BCUT2D eigenvalue weighted by atomic mass is 35.5. The van der Waals surface area contributed by atoms with Gasteiger partial charge in [0, 0.05) is 20.3 Å². The van der Waals surface area contributed by atoms with Crippen molar-refractivity contribution in [3.63, 3.8) is 0 Å². The van der Waals surface area contributed by atoms with Crippen LogP contribution in [0.4, 0.5) is 0 Å². The van der Waals surface area contributed by atoms with E-state index in [-0.39, 0.29) is 11.2 Å². The third kappa shape index (κ3) is 3.48. The number of thioether (sulfide) groups is 1. The van der Waals surface area contributed by atoms with Crippen molar-refractivity contribution >= 4 is 40.4 Å². The fraction of sp³-hybridized carbons (Fsp3) is 0.188. The van der Waals surface area contributed by atoms with Crippen LogP contribution in [0.15, 0.2) is 47.8 Å². The van der Waals surface area contributed by atoms with Crippen molar-refractivity contribution in [2.45, 2.75) is 10.4 Å². The van der Waals surface area contributed by atoms with Crippen molar-refractivity contribution in [2.24, 2.45) is 0 Å². The van der Waals surface area contributed by atoms with Gasteiger partial charge in [0.05, 0.1) is 10.5 Å². The van der Waals surface area contributed by atoms with Crippen LogP contribution in [0.25, 0.3) is 11.2 Å². The van der Waals surface area contributed by atoms with E-state index < -0.39 is 0 Å². The highest BCUT2D eigenvalue weighted by Crippen LogP contribution is 2.35. The number of likely N-dealkylation sites (N-methyl/N-ethyl adjacent to an activating group) is 1. The number of pyridine rings is 1. The average molecular weight is 347 g/mol. The fourth-order valence-electron chi connectivity index (χ4n) is 2.14. The Labute approximate surface area is 143 Å². The van der Waals surface area contributed by atoms with Crippen molar-refractivity contribution in [3.05, 3.63) is 53.2 Å². The second-order valence-corrected chi connectivity index (χ2v) is 6.74. The van der Waals surface area contributed by atoms with E-state index in [0.29, 0.717) is 15.8 Å². The van der Waals surface area contributed by atoms with Crippen molar-refractivity contribution in [2.75, 3.05) is 14.1 Å². The number of halogens is 1. The average Bonchev–Trinajstić information content (AvgIpc) is 2.94. The molecule has 23 heavy (non-hydrogen) atoms. The molecule has 0 radical (unpaired) electrons. The monoisotopic (exact) mass is 346 g/mol. The largest absolute Gasteiger partial charge is 0.348 e. The first-order valence-electron chi connectivity index (χ1n) is 6.98. The molecule has 7 heteroatoms. The third-order valence-corrected chi connectivity index (χ3v) is 4.61. The van der Waals surface area contributed by atoms with E-state index in [1.165, 1.54) is 11.8 Å². The van der Waals surface area contributed by atoms with Crippen LogP contribution in [0, 0.1) is 0 Å². The predicted octanol–water partition coefficient (Wildman–Crippen LogP) is 3.53. The molecule has 0 fully saturated rings. The van der Waals surface area contributed by atoms with Crippen molar-refractivity contribution in [1.82, 2.24) is 19.9 Å². The molecule has 1 amide bonds. The number of fused-ring (bicyclic) bond motifs is 1. The highest BCUT2D eigenvalue weighted by molar-refractivity contribution is 8.00. The Morgan fingerprint density at radius 1 is 1.30 bits per heavy atom. The molecule has 0 bridgehead atoms. The van der Waals surface area contributed by atoms with Crippen molar-refractivity contribution in [1.29, 1.82) is 0 Å². The molecule has 1 aromatic carbocycles. The second-order valence-electron chi connectivity index (χ2n) is 5.21. The lowest BCUT2D eigenvalue weighted by molar-refractivity contribution is -0.128. The van der Waals surface area contributed by atoms with Crippen LogP contribution in [0.3, 0.4) is 0 Å². The lowest BCUT2D eigenvalue weighted by Crippen LogP contribution is -2.26. The van der Waals surface area contributed by atoms with Gasteiger partial charge in [0.1, 0.15) is 5.25 Å². The molecular weight excluding hydrogens is 332 g/mol. The Hall–Kier alpha value is -2.05. The zero-order valence-electron chi connectivity index (χ0n) is 12.7. The Balaban J connectivity index is 1.95. The van der Waals surface area contributed by atoms with Crippen molar-refractivity contribution in [3.8, 4) is 0 Å². The van der Waals surface area contributed by atoms with Gasteiger partial charge in [0.25, 0.3) is 0 Å². The first kappa shape index (κ1) is 15.8. The molecule has 0 aliphatic carbocycles. The Morgan fingerprint density at radius 2 is 2.04 bits per heavy atom. The lowest BCUT2D eigenvalue weighted by Gasteiger charge is -2.19. The minimum absolute atomic E-state index is 0.00708. The number of hydrogen-bond donors (Lipinski definition) is 1. The third-order valence-electron chi connectivity index (χ3n) is 3.28. The van der Waals surface area contributed by atoms with Gasteiger partial charge in [0.15, 0.2) is 10.8 Å². The van der Waals surface area contributed by atoms with Crippen LogP contribution in [-0.4, -0.2) is 39.9 Å². The van der Waals surface area contributed by atoms with Gasteiger partial charge in [-0.05, 0) is 11.6 Å². The summed E-state index contributed by atoms with van der Waals surface area (Å²) in [6.45, 7) is 0. The minimum atomic E-state index is -0.373. The Morgan fingerprint density at radius 3 is 2.74 bits per heavy atom. The van der Waals surface area contributed by atoms with Crippen LogP contribution in [0.2, 0.25) is 5.02 Å². The summed E-state index contributed by atoms with van der Waals surface area (Å²) in [5.74, 6) is 0.00708. The number of H-pyrrole nitrogens is 1. The van der Waals surface area contributed by atoms with Crippen LogP contribution >= 0.6 is 23.4 Å². The van der Waals surface area contributed by atoms with E-state index in [0.717, 1.165) is 11.1 Å². The molecule has 0 unspecified atom stereocenters. The number of rotatable bonds is 4. The molecule has 1 N–H and O–H groups in total. The molecule has 0 aliphatic rings. The summed E-state index contributed by atoms with van der Waals surface area (Å²) in [6.07, 6.45) is 1.55. The quantitative estimate of drug-likeness (QED) is 0.734. The van der Waals surface area contributed by atoms with Crippen LogP contribution < -0.4 is 0 Å². The normalized spacial score (nSPS) is 12.3. The van der Waals surface area contributed by atoms with Gasteiger partial charge in [-0.2, -0.15) is 0 Å². The van der Waals surface area contributed by atoms with Gasteiger partial charge in [0.2, 0.25) is 5.91 Å². The summed E-state index contributed by atoms with van der Waals surface area (Å²) in [4.78, 5) is 25.9. The van der Waals surface area contributed by atoms with E-state index >= 15 is 0 Å². The van der Waals surface area contributed by atoms with Gasteiger partial charge in [-0.25, -0.2) is 9.97 Å². The first-order chi connectivity index (χ1) is 11.0. The van der Waals surface area contributed by atoms with E-state index in [1.54, 1.807) is 31.3 Å². The summed E-state index contributed by atoms with van der Waals surface area (Å²) in [7, 11) is 3.50. The number of nitrogens with zero attached hydrogens (tertiary/aromatic N) is 3. The zero-order chi connectivity index (χ0) is 16.4. The molecule has 3 rings (SSSR count). The smallest absolute Gasteiger partial charge is 0.240 e. The van der Waals surface area contributed by atoms with Gasteiger partial charge < -0.3 is 9.88 Å². The number of carbonyl (C=O) groups excluding carboxylic acids is 1. The molecule has 1 atom stereocenters. The van der Waals surface area contributed by atoms with Gasteiger partial charge in [-0.15, -0.1) is 0 Å². The van der Waals surface area contributed by atoms with E-state index in [2.05, 4.69) is 15.0 Å². The molecule has 118 valence electrons. The maximum atomic E-state index is 12.5. The Kier molecular flexibility index (Phi) is 4.54. The molecular formula is C16H15ClN4OS. The standard InChI is InChI=1S/C16H15ClN4OS/c1-21(2)15(22)13(10-6-4-3-5-7-10)23-16-19-12-8-11(17)9-18-14(12)20-16/h3-9,13H,1-2H3,(H,18,19,20)/t13-/m1/s1. The number of aromatic nitrogens is 3. The molecule has 0 saturated heterocycles. The number of hydrogen-bond acceptors (Lipinski definition) is 4. The topological polar surface area (TPSA) is 61.9 Å². The van der Waals surface area contributed by atoms with Crippen LogP contribution in [0.5, 0.6) is 0 Å². The SMILES string of the molecule is CN(C)C(=O)[C@H](Sc1nc2ncc(Cl)cc2[nH]1)c1ccccc1. The maximum Gasteiger partial charge on any atom is 0.240 e. The number of imidazole rings is 1. The number of benzene rings is 1. The molecule has 0 spiro atoms. The lowest BCUT2D eigenvalue weighted by atomic mass is 10.1. The Bertz CT molecular complexity index is 834. The molecule has 0 aliphatic heterocycles. The maximum absolute atomic E-state index is 12.5. The summed E-state index contributed by atoms with van der Waals surface area (Å²) >= 11 is 7.31. The second kappa shape index (κ2) is 6.60. The van der Waals surface area contributed by atoms with Gasteiger partial charge in [-0.3, -0.25) is 4.79 Å². The molecule has 2 heterocycles. The zero-order valence-corrected chi connectivity index (χ0v) is 14.2. The van der Waals surface area contributed by atoms with E-state index in [1.807, 2.05) is 30.3 Å². The van der Waals surface area contributed by atoms with Crippen LogP contribution in [0.1, 0.15) is 10.8 Å². The van der Waals surface area contributed by atoms with Gasteiger partial charge in [-0.1, -0.05) is 53.7 Å². The molecule has 5 nitrogen and oxygen atoms in total. The molecule has 0 saturated carbocycles. The van der Waals surface area contributed by atoms with E-state index in [9.17, 15) is 4.79 Å². The summed E-state index contributed by atoms with van der Waals surface area (Å²) in [5.41, 5.74) is 2.27. The number of aromatic amines is 1. The van der Waals surface area contributed by atoms with Crippen LogP contribution in [-0.2, 0) is 4.79 Å². The van der Waals surface area contributed by atoms with Gasteiger partial charge >= 0.3 is 0 Å². The number of carbonyl (C=O) groups is 1. The summed E-state index contributed by atoms with van der Waals surface area (Å²) in [5, 5.41) is 0.808. The predicted molar refractivity (Wildman–Crippen MR) is 92.6 cm³/mol. The summed E-state index contributed by atoms with van der Waals surface area (Å²) < 4.78 is 0. The number of nitrogens with one attached hydrogen (secondary N) is 1.